The quantitative estimate of drug-likeness (QED) is 0.346. The van der Waals surface area contributed by atoms with Gasteiger partial charge in [-0.15, -0.1) is 0 Å². The Bertz CT molecular complexity index is 1370. The highest BCUT2D eigenvalue weighted by molar-refractivity contribution is 7.99. The van der Waals surface area contributed by atoms with Crippen LogP contribution >= 0.6 is 23.4 Å². The Labute approximate surface area is 200 Å². The lowest BCUT2D eigenvalue weighted by Crippen LogP contribution is -2.14. The zero-order valence-corrected chi connectivity index (χ0v) is 20.3. The molecule has 1 aliphatic rings. The summed E-state index contributed by atoms with van der Waals surface area (Å²) in [7, 11) is 1.61. The zero-order valence-electron chi connectivity index (χ0n) is 18.8. The first-order valence-electron chi connectivity index (χ1n) is 11.0. The predicted molar refractivity (Wildman–Crippen MR) is 132 cm³/mol. The molecule has 8 nitrogen and oxygen atoms in total. The second kappa shape index (κ2) is 8.62. The van der Waals surface area contributed by atoms with Gasteiger partial charge >= 0.3 is 0 Å². The van der Waals surface area contributed by atoms with Crippen molar-refractivity contribution in [3.05, 3.63) is 34.4 Å². The minimum atomic E-state index is 0.192. The van der Waals surface area contributed by atoms with E-state index in [2.05, 4.69) is 21.9 Å². The molecule has 0 aliphatic heterocycles. The number of anilines is 1. The molecule has 0 saturated heterocycles. The van der Waals surface area contributed by atoms with Crippen molar-refractivity contribution >= 4 is 51.1 Å². The average molecular weight is 484 g/mol. The number of hydrogen-bond acceptors (Lipinski definition) is 8. The Kier molecular flexibility index (Phi) is 5.80. The van der Waals surface area contributed by atoms with Gasteiger partial charge in [-0.1, -0.05) is 18.5 Å². The molecule has 4 aromatic rings. The Morgan fingerprint density at radius 3 is 2.70 bits per heavy atom. The molecule has 2 atom stereocenters. The largest absolute Gasteiger partial charge is 0.496 e. The highest BCUT2D eigenvalue weighted by Gasteiger charge is 2.29. The van der Waals surface area contributed by atoms with Crippen LogP contribution in [0.4, 0.5) is 5.82 Å². The van der Waals surface area contributed by atoms with Gasteiger partial charge in [-0.05, 0) is 56.5 Å². The molecular weight excluding hydrogens is 458 g/mol. The van der Waals surface area contributed by atoms with Gasteiger partial charge in [0.25, 0.3) is 0 Å². The molecule has 3 aromatic heterocycles. The number of halogens is 1. The number of aromatic amines is 1. The lowest BCUT2D eigenvalue weighted by atomic mass is 10.0. The van der Waals surface area contributed by atoms with E-state index in [0.717, 1.165) is 63.5 Å². The van der Waals surface area contributed by atoms with Crippen LogP contribution in [0.15, 0.2) is 22.2 Å². The molecule has 5 N–H and O–H groups in total. The van der Waals surface area contributed by atoms with E-state index in [0.29, 0.717) is 27.9 Å². The summed E-state index contributed by atoms with van der Waals surface area (Å²) in [6.45, 7) is 3.89. The van der Waals surface area contributed by atoms with Crippen LogP contribution in [0, 0.1) is 6.92 Å². The first-order chi connectivity index (χ1) is 15.9. The van der Waals surface area contributed by atoms with E-state index in [-0.39, 0.29) is 12.0 Å². The molecule has 1 saturated carbocycles. The fraction of sp³-hybridized carbons (Fsp3) is 0.391. The second-order valence-electron chi connectivity index (χ2n) is 8.43. The number of fused-ring (bicyclic) bond motifs is 2. The lowest BCUT2D eigenvalue weighted by molar-refractivity contribution is 0.419. The van der Waals surface area contributed by atoms with Crippen LogP contribution in [0.1, 0.15) is 49.3 Å². The van der Waals surface area contributed by atoms with Gasteiger partial charge in [0.2, 0.25) is 0 Å². The predicted octanol–water partition coefficient (Wildman–Crippen LogP) is 4.76. The molecule has 0 spiro atoms. The van der Waals surface area contributed by atoms with E-state index in [1.165, 1.54) is 11.8 Å². The summed E-state index contributed by atoms with van der Waals surface area (Å²) in [6, 6.07) is 4.07. The number of aromatic nitrogens is 5. The van der Waals surface area contributed by atoms with Crippen molar-refractivity contribution in [2.45, 2.75) is 61.5 Å². The van der Waals surface area contributed by atoms with E-state index in [9.17, 15) is 0 Å². The van der Waals surface area contributed by atoms with E-state index < -0.39 is 0 Å². The van der Waals surface area contributed by atoms with Crippen molar-refractivity contribution in [1.29, 1.82) is 0 Å². The molecule has 5 rings (SSSR count). The van der Waals surface area contributed by atoms with Crippen LogP contribution in [-0.4, -0.2) is 38.1 Å². The highest BCUT2D eigenvalue weighted by atomic mass is 35.5. The first kappa shape index (κ1) is 22.2. The molecule has 1 aliphatic carbocycles. The van der Waals surface area contributed by atoms with Gasteiger partial charge in [-0.2, -0.15) is 0 Å². The van der Waals surface area contributed by atoms with Gasteiger partial charge in [-0.25, -0.2) is 19.9 Å². The molecule has 0 bridgehead atoms. The molecule has 0 amide bonds. The van der Waals surface area contributed by atoms with Gasteiger partial charge in [0.05, 0.1) is 34.1 Å². The van der Waals surface area contributed by atoms with E-state index in [1.807, 2.05) is 19.1 Å². The number of nitrogens with zero attached hydrogens (tertiary/aromatic N) is 4. The molecule has 10 heteroatoms. The maximum absolute atomic E-state index is 6.73. The first-order valence-corrected chi connectivity index (χ1v) is 12.2. The van der Waals surface area contributed by atoms with Crippen LogP contribution in [0.2, 0.25) is 5.02 Å². The Morgan fingerprint density at radius 1 is 1.18 bits per heavy atom. The van der Waals surface area contributed by atoms with Gasteiger partial charge in [0.1, 0.15) is 23.0 Å². The number of nitrogens with one attached hydrogen (secondary N) is 1. The summed E-state index contributed by atoms with van der Waals surface area (Å²) in [4.78, 5) is 22.9. The number of nitrogen functional groups attached to an aromatic ring is 1. The third-order valence-corrected chi connectivity index (χ3v) is 7.44. The number of H-pyrrole nitrogens is 1. The topological polar surface area (TPSA) is 129 Å². The summed E-state index contributed by atoms with van der Waals surface area (Å²) in [6.07, 6.45) is 3.69. The van der Waals surface area contributed by atoms with E-state index >= 15 is 0 Å². The smallest absolute Gasteiger partial charge is 0.194 e. The highest BCUT2D eigenvalue weighted by Crippen LogP contribution is 2.42. The average Bonchev–Trinajstić information content (AvgIpc) is 3.35. The summed E-state index contributed by atoms with van der Waals surface area (Å²) in [5, 5.41) is 2.98. The minimum absolute atomic E-state index is 0.192. The Hall–Kier alpha value is -2.62. The summed E-state index contributed by atoms with van der Waals surface area (Å²) in [5.74, 6) is 1.89. The van der Waals surface area contributed by atoms with Crippen molar-refractivity contribution in [1.82, 2.24) is 24.9 Å². The fourth-order valence-electron chi connectivity index (χ4n) is 4.64. The van der Waals surface area contributed by atoms with Gasteiger partial charge < -0.3 is 21.2 Å². The van der Waals surface area contributed by atoms with Crippen LogP contribution < -0.4 is 16.2 Å². The van der Waals surface area contributed by atoms with Crippen LogP contribution in [0.5, 0.6) is 5.75 Å². The number of methoxy groups -OCH3 is 1. The van der Waals surface area contributed by atoms with Crippen molar-refractivity contribution in [2.24, 2.45) is 5.73 Å². The van der Waals surface area contributed by atoms with E-state index in [4.69, 9.17) is 37.8 Å². The van der Waals surface area contributed by atoms with Crippen molar-refractivity contribution in [3.63, 3.8) is 0 Å². The lowest BCUT2D eigenvalue weighted by Gasteiger charge is -2.13. The van der Waals surface area contributed by atoms with Crippen LogP contribution in [0.25, 0.3) is 21.9 Å². The summed E-state index contributed by atoms with van der Waals surface area (Å²) >= 11 is 8.19. The molecular formula is C23H26ClN7OS. The fourth-order valence-corrected chi connectivity index (χ4v) is 5.83. The van der Waals surface area contributed by atoms with Gasteiger partial charge in [0, 0.05) is 22.5 Å². The molecule has 2 unspecified atom stereocenters. The van der Waals surface area contributed by atoms with Crippen molar-refractivity contribution in [3.8, 4) is 5.75 Å². The summed E-state index contributed by atoms with van der Waals surface area (Å²) < 4.78 is 5.60. The number of benzene rings is 1. The number of hydrogen-bond donors (Lipinski definition) is 3. The van der Waals surface area contributed by atoms with Gasteiger partial charge in [0.15, 0.2) is 5.16 Å². The monoisotopic (exact) mass is 483 g/mol. The molecule has 1 aromatic carbocycles. The number of aryl methyl sites for hydroxylation is 2. The number of nitrogens with two attached hydrogens (primary N) is 2. The molecule has 172 valence electrons. The number of rotatable bonds is 5. The Balaban J connectivity index is 1.63. The van der Waals surface area contributed by atoms with Crippen molar-refractivity contribution in [2.75, 3.05) is 12.8 Å². The van der Waals surface area contributed by atoms with Gasteiger partial charge in [-0.3, -0.25) is 0 Å². The van der Waals surface area contributed by atoms with Crippen LogP contribution in [-0.2, 0) is 6.42 Å². The normalized spacial score (nSPS) is 18.5. The summed E-state index contributed by atoms with van der Waals surface area (Å²) in [5.41, 5.74) is 15.8. The third kappa shape index (κ3) is 3.98. The standard InChI is InChI=1S/C23H26ClN7OS/c1-4-14-19(24)18-20(11-5-6-12(25)7-11)30-23(31-22(18)29-14)33-13-8-15-17(16(9-13)32-3)21(26)28-10(2)27-15/h8-9,11-12H,4-7,25H2,1-3H3,(H2,26,27,28)(H,29,30,31). The zero-order chi connectivity index (χ0) is 23.3. The third-order valence-electron chi connectivity index (χ3n) is 6.19. The number of ether oxygens (including phenoxy) is 1. The maximum atomic E-state index is 6.73. The molecule has 0 radical (unpaired) electrons. The minimum Gasteiger partial charge on any atom is -0.496 e. The maximum Gasteiger partial charge on any atom is 0.194 e. The van der Waals surface area contributed by atoms with Crippen molar-refractivity contribution < 1.29 is 4.74 Å². The Morgan fingerprint density at radius 2 is 2.00 bits per heavy atom. The van der Waals surface area contributed by atoms with E-state index in [1.54, 1.807) is 7.11 Å². The SMILES string of the molecule is CCc1[nH]c2nc(Sc3cc(OC)c4c(N)nc(C)nc4c3)nc(C3CCC(N)C3)c2c1Cl. The second-order valence-corrected chi connectivity index (χ2v) is 9.85. The molecule has 3 heterocycles. The van der Waals surface area contributed by atoms with Crippen LogP contribution in [0.3, 0.4) is 0 Å². The molecule has 33 heavy (non-hydrogen) atoms. The molecule has 1 fully saturated rings.